The van der Waals surface area contributed by atoms with Crippen molar-refractivity contribution in [2.45, 2.75) is 44.8 Å². The number of hydrogen-bond donors (Lipinski definition) is 1. The summed E-state index contributed by atoms with van der Waals surface area (Å²) in [4.78, 5) is 13.0. The van der Waals surface area contributed by atoms with E-state index in [9.17, 15) is 13.2 Å². The SMILES string of the molecule is CCn1cc2n(c1=O)[C@@H](Cc1cccc(-c3ccccc3)c1)[C@@H](NS(C)(=O)=O)CC2. The summed E-state index contributed by atoms with van der Waals surface area (Å²) < 4.78 is 30.3. The van der Waals surface area contributed by atoms with Crippen LogP contribution in [-0.4, -0.2) is 29.8 Å². The van der Waals surface area contributed by atoms with Crippen molar-refractivity contribution in [3.63, 3.8) is 0 Å². The Bertz CT molecular complexity index is 1200. The number of fused-ring (bicyclic) bond motifs is 1. The van der Waals surface area contributed by atoms with E-state index >= 15 is 0 Å². The van der Waals surface area contributed by atoms with Crippen molar-refractivity contribution in [3.8, 4) is 11.1 Å². The van der Waals surface area contributed by atoms with Crippen molar-refractivity contribution >= 4 is 10.0 Å². The normalized spacial score (nSPS) is 18.9. The van der Waals surface area contributed by atoms with Gasteiger partial charge in [0.2, 0.25) is 10.0 Å². The molecule has 3 aromatic rings. The average molecular weight is 426 g/mol. The quantitative estimate of drug-likeness (QED) is 0.660. The van der Waals surface area contributed by atoms with Gasteiger partial charge >= 0.3 is 5.69 Å². The topological polar surface area (TPSA) is 73.1 Å². The van der Waals surface area contributed by atoms with Crippen molar-refractivity contribution in [3.05, 3.63) is 82.5 Å². The monoisotopic (exact) mass is 425 g/mol. The Balaban J connectivity index is 1.73. The van der Waals surface area contributed by atoms with Gasteiger partial charge in [-0.05, 0) is 42.9 Å². The fraction of sp³-hybridized carbons (Fsp3) is 0.348. The van der Waals surface area contributed by atoms with Crippen LogP contribution in [0.1, 0.15) is 30.6 Å². The van der Waals surface area contributed by atoms with E-state index in [2.05, 4.69) is 29.0 Å². The number of aromatic nitrogens is 2. The third-order valence-corrected chi connectivity index (χ3v) is 6.49. The first-order valence-electron chi connectivity index (χ1n) is 10.3. The van der Waals surface area contributed by atoms with Gasteiger partial charge in [0, 0.05) is 24.5 Å². The molecule has 0 unspecified atom stereocenters. The summed E-state index contributed by atoms with van der Waals surface area (Å²) in [6, 6.07) is 17.8. The van der Waals surface area contributed by atoms with Gasteiger partial charge in [-0.1, -0.05) is 54.6 Å². The molecule has 0 amide bonds. The number of rotatable bonds is 6. The molecule has 158 valence electrons. The molecule has 0 radical (unpaired) electrons. The minimum Gasteiger partial charge on any atom is -0.299 e. The van der Waals surface area contributed by atoms with E-state index in [0.717, 1.165) is 22.4 Å². The van der Waals surface area contributed by atoms with E-state index in [1.807, 2.05) is 43.5 Å². The van der Waals surface area contributed by atoms with Crippen molar-refractivity contribution in [1.82, 2.24) is 13.9 Å². The number of sulfonamides is 1. The second-order valence-corrected chi connectivity index (χ2v) is 9.71. The van der Waals surface area contributed by atoms with Crippen molar-refractivity contribution in [2.75, 3.05) is 6.26 Å². The third-order valence-electron chi connectivity index (χ3n) is 5.76. The van der Waals surface area contributed by atoms with E-state index in [1.54, 1.807) is 9.13 Å². The van der Waals surface area contributed by atoms with Gasteiger partial charge in [0.1, 0.15) is 0 Å². The predicted molar refractivity (Wildman–Crippen MR) is 119 cm³/mol. The van der Waals surface area contributed by atoms with Gasteiger partial charge < -0.3 is 0 Å². The lowest BCUT2D eigenvalue weighted by Crippen LogP contribution is -2.47. The molecule has 2 heterocycles. The predicted octanol–water partition coefficient (Wildman–Crippen LogP) is 2.98. The van der Waals surface area contributed by atoms with Crippen LogP contribution in [0.5, 0.6) is 0 Å². The lowest BCUT2D eigenvalue weighted by molar-refractivity contribution is 0.316. The molecule has 0 spiro atoms. The van der Waals surface area contributed by atoms with Gasteiger partial charge in [-0.2, -0.15) is 0 Å². The summed E-state index contributed by atoms with van der Waals surface area (Å²) in [7, 11) is -3.39. The maximum Gasteiger partial charge on any atom is 0.328 e. The second-order valence-electron chi connectivity index (χ2n) is 7.93. The molecule has 1 N–H and O–H groups in total. The summed E-state index contributed by atoms with van der Waals surface area (Å²) >= 11 is 0. The van der Waals surface area contributed by atoms with Crippen LogP contribution < -0.4 is 10.4 Å². The number of nitrogens with zero attached hydrogens (tertiary/aromatic N) is 2. The number of aryl methyl sites for hydroxylation is 2. The maximum atomic E-state index is 13.0. The first kappa shape index (κ1) is 20.6. The first-order chi connectivity index (χ1) is 14.4. The number of benzene rings is 2. The lowest BCUT2D eigenvalue weighted by atomic mass is 9.91. The molecule has 0 bridgehead atoms. The highest BCUT2D eigenvalue weighted by molar-refractivity contribution is 7.88. The van der Waals surface area contributed by atoms with Crippen LogP contribution in [-0.2, 0) is 29.4 Å². The summed E-state index contributed by atoms with van der Waals surface area (Å²) in [5, 5.41) is 0. The summed E-state index contributed by atoms with van der Waals surface area (Å²) in [6.07, 6.45) is 5.01. The lowest BCUT2D eigenvalue weighted by Gasteiger charge is -2.33. The van der Waals surface area contributed by atoms with Crippen LogP contribution in [0.25, 0.3) is 11.1 Å². The van der Waals surface area contributed by atoms with Gasteiger partial charge in [-0.25, -0.2) is 17.9 Å². The molecular formula is C23H27N3O3S. The molecule has 6 nitrogen and oxygen atoms in total. The highest BCUT2D eigenvalue weighted by atomic mass is 32.2. The fourth-order valence-electron chi connectivity index (χ4n) is 4.40. The molecule has 7 heteroatoms. The second kappa shape index (κ2) is 8.24. The summed E-state index contributed by atoms with van der Waals surface area (Å²) in [6.45, 7) is 2.54. The van der Waals surface area contributed by atoms with Gasteiger partial charge in [0.05, 0.1) is 12.3 Å². The average Bonchev–Trinajstić information content (AvgIpc) is 3.06. The highest BCUT2D eigenvalue weighted by Crippen LogP contribution is 2.29. The van der Waals surface area contributed by atoms with E-state index in [0.29, 0.717) is 25.8 Å². The minimum absolute atomic E-state index is 0.0725. The van der Waals surface area contributed by atoms with Crippen LogP contribution in [0, 0.1) is 0 Å². The zero-order valence-corrected chi connectivity index (χ0v) is 18.1. The van der Waals surface area contributed by atoms with Crippen LogP contribution in [0.4, 0.5) is 0 Å². The number of imidazole rings is 1. The van der Waals surface area contributed by atoms with Crippen molar-refractivity contribution < 1.29 is 8.42 Å². The molecule has 0 fully saturated rings. The Morgan fingerprint density at radius 3 is 2.50 bits per heavy atom. The van der Waals surface area contributed by atoms with Crippen molar-refractivity contribution in [2.24, 2.45) is 0 Å². The zero-order valence-electron chi connectivity index (χ0n) is 17.3. The van der Waals surface area contributed by atoms with Crippen molar-refractivity contribution in [1.29, 1.82) is 0 Å². The Kier molecular flexibility index (Phi) is 5.66. The minimum atomic E-state index is -3.39. The number of hydrogen-bond acceptors (Lipinski definition) is 3. The van der Waals surface area contributed by atoms with E-state index in [4.69, 9.17) is 0 Å². The maximum absolute atomic E-state index is 13.0. The molecule has 1 aliphatic rings. The van der Waals surface area contributed by atoms with Gasteiger partial charge in [-0.3, -0.25) is 9.13 Å². The Morgan fingerprint density at radius 1 is 1.07 bits per heavy atom. The molecular weight excluding hydrogens is 398 g/mol. The molecule has 1 aliphatic heterocycles. The standard InChI is InChI=1S/C23H27N3O3S/c1-3-25-16-20-12-13-21(24-30(2,28)29)22(26(20)23(25)27)15-17-8-7-11-19(14-17)18-9-5-4-6-10-18/h4-11,14,16,21-22,24H,3,12-13,15H2,1-2H3/t21-,22-/m0/s1. The van der Waals surface area contributed by atoms with Gasteiger partial charge in [0.15, 0.2) is 0 Å². The number of nitrogens with one attached hydrogen (secondary N) is 1. The zero-order chi connectivity index (χ0) is 21.3. The Labute approximate surface area is 177 Å². The van der Waals surface area contributed by atoms with E-state index < -0.39 is 10.0 Å². The fourth-order valence-corrected chi connectivity index (χ4v) is 5.22. The molecule has 0 saturated heterocycles. The molecule has 0 saturated carbocycles. The highest BCUT2D eigenvalue weighted by Gasteiger charge is 2.33. The van der Waals surface area contributed by atoms with Crippen LogP contribution in [0.15, 0.2) is 65.6 Å². The van der Waals surface area contributed by atoms with Gasteiger partial charge in [-0.15, -0.1) is 0 Å². The molecule has 0 aliphatic carbocycles. The molecule has 2 atom stereocenters. The molecule has 2 aromatic carbocycles. The largest absolute Gasteiger partial charge is 0.328 e. The summed E-state index contributed by atoms with van der Waals surface area (Å²) in [5.41, 5.74) is 4.21. The van der Waals surface area contributed by atoms with E-state index in [1.165, 1.54) is 6.26 Å². The van der Waals surface area contributed by atoms with Crippen LogP contribution in [0.2, 0.25) is 0 Å². The van der Waals surface area contributed by atoms with Gasteiger partial charge in [0.25, 0.3) is 0 Å². The molecule has 30 heavy (non-hydrogen) atoms. The van der Waals surface area contributed by atoms with E-state index in [-0.39, 0.29) is 17.8 Å². The first-order valence-corrected chi connectivity index (χ1v) is 12.2. The molecule has 1 aromatic heterocycles. The Morgan fingerprint density at radius 2 is 1.80 bits per heavy atom. The smallest absolute Gasteiger partial charge is 0.299 e. The van der Waals surface area contributed by atoms with Crippen LogP contribution in [0.3, 0.4) is 0 Å². The Hall–Kier alpha value is -2.64. The summed E-state index contributed by atoms with van der Waals surface area (Å²) in [5.74, 6) is 0. The third kappa shape index (κ3) is 4.27. The molecule has 4 rings (SSSR count). The van der Waals surface area contributed by atoms with Crippen LogP contribution >= 0.6 is 0 Å².